The Labute approximate surface area is 607 Å². The molecule has 8 heteroatoms. The van der Waals surface area contributed by atoms with Gasteiger partial charge in [-0.05, 0) is 246 Å². The van der Waals surface area contributed by atoms with Gasteiger partial charge in [0, 0.05) is 55.9 Å². The molecule has 0 N–H and O–H groups in total. The molecule has 4 aromatic heterocycles. The first kappa shape index (κ1) is 77.3. The maximum absolute atomic E-state index is 15.6. The zero-order valence-corrected chi connectivity index (χ0v) is 65.0. The van der Waals surface area contributed by atoms with Crippen LogP contribution in [-0.2, 0) is 38.5 Å². The molecule has 0 saturated heterocycles. The number of pyridine rings is 4. The molecule has 4 heterocycles. The fraction of sp³-hybridized carbons (Fsp3) is 0.362. The summed E-state index contributed by atoms with van der Waals surface area (Å²) in [5.74, 6) is -0.498. The molecule has 532 valence electrons. The summed E-state index contributed by atoms with van der Waals surface area (Å²) in [6, 6.07) is 52.4. The van der Waals surface area contributed by atoms with Gasteiger partial charge in [-0.1, -0.05) is 203 Å². The van der Waals surface area contributed by atoms with Crippen LogP contribution in [0.25, 0.3) is 88.6 Å². The van der Waals surface area contributed by atoms with Gasteiger partial charge in [-0.3, -0.25) is 0 Å². The highest BCUT2D eigenvalue weighted by atomic mass is 19.1. The van der Waals surface area contributed by atoms with E-state index in [-0.39, 0.29) is 44.9 Å². The van der Waals surface area contributed by atoms with Gasteiger partial charge in [-0.15, -0.1) is 0 Å². The third-order valence-electron chi connectivity index (χ3n) is 17.8. The molecule has 0 spiro atoms. The van der Waals surface area contributed by atoms with Crippen LogP contribution in [0, 0.1) is 100 Å². The van der Waals surface area contributed by atoms with Crippen molar-refractivity contribution in [3.8, 4) is 45.0 Å². The molecule has 0 aliphatic rings. The quantitative estimate of drug-likeness (QED) is 0.114. The fourth-order valence-electron chi connectivity index (χ4n) is 14.1. The molecule has 12 aromatic rings. The van der Waals surface area contributed by atoms with E-state index in [2.05, 4.69) is 228 Å². The number of benzene rings is 8. The van der Waals surface area contributed by atoms with Crippen molar-refractivity contribution in [1.29, 1.82) is 0 Å². The Morgan fingerprint density at radius 1 is 0.275 bits per heavy atom. The number of halogens is 4. The Bertz CT molecular complexity index is 4950. The summed E-state index contributed by atoms with van der Waals surface area (Å²) in [4.78, 5) is 19.3. The average molecular weight is 1370 g/mol. The van der Waals surface area contributed by atoms with E-state index in [1.54, 1.807) is 12.1 Å². The van der Waals surface area contributed by atoms with E-state index in [9.17, 15) is 13.2 Å². The predicted molar refractivity (Wildman–Crippen MR) is 427 cm³/mol. The van der Waals surface area contributed by atoms with Crippen molar-refractivity contribution in [2.45, 2.75) is 204 Å². The van der Waals surface area contributed by atoms with E-state index < -0.39 is 0 Å². The van der Waals surface area contributed by atoms with Crippen LogP contribution in [0.2, 0.25) is 0 Å². The molecule has 0 radical (unpaired) electrons. The molecule has 12 rings (SSSR count). The van der Waals surface area contributed by atoms with Crippen molar-refractivity contribution in [3.05, 3.63) is 259 Å². The van der Waals surface area contributed by atoms with E-state index in [4.69, 9.17) is 15.0 Å². The van der Waals surface area contributed by atoms with Gasteiger partial charge in [0.05, 0.1) is 44.8 Å². The standard InChI is InChI=1S/C27H34FN.C23H26FN.2C22H24FN/c1-17-11-18(2)13-19(12-17)23-10-9-21-22(16-27(6,7)8)25(28)20(14-24(21)29-23)15-26(3,4)5;1-5-7-17-14-22-19(20(8-6-2)23(17)24)9-10-21(25-22)18-12-15(3)11-16(4)13-18;1-14-8-15(2)10-17(9-14)21-12-19(23)18-11-16(13-22(3,4)5)6-7-20(18)24-21;1-14-8-15(2)10-17(9-14)20-12-19(23)18-7-6-16(11-21(18)24-20)13-22(3,4)5/h9-14H,15-16H2,1-8H3;9-14H,5-8H2,1-4H3;2*6-12H,13H2,1-5H3. The Morgan fingerprint density at radius 3 is 1.03 bits per heavy atom. The van der Waals surface area contributed by atoms with Gasteiger partial charge in [0.2, 0.25) is 0 Å². The normalized spacial score (nSPS) is 11.9. The lowest BCUT2D eigenvalue weighted by Crippen LogP contribution is -2.15. The van der Waals surface area contributed by atoms with Gasteiger partial charge in [0.25, 0.3) is 0 Å². The summed E-state index contributed by atoms with van der Waals surface area (Å²) in [7, 11) is 0. The average Bonchev–Trinajstić information content (AvgIpc) is 0.799. The molecule has 0 bridgehead atoms. The van der Waals surface area contributed by atoms with Crippen LogP contribution < -0.4 is 0 Å². The Balaban J connectivity index is 0.000000159. The minimum Gasteiger partial charge on any atom is -0.248 e. The lowest BCUT2D eigenvalue weighted by Gasteiger charge is -2.24. The summed E-state index contributed by atoms with van der Waals surface area (Å²) in [5.41, 5.74) is 26.2. The van der Waals surface area contributed by atoms with Gasteiger partial charge in [0.1, 0.15) is 23.3 Å². The van der Waals surface area contributed by atoms with Gasteiger partial charge in [0.15, 0.2) is 0 Å². The third-order valence-corrected chi connectivity index (χ3v) is 17.8. The van der Waals surface area contributed by atoms with Crippen LogP contribution in [0.3, 0.4) is 0 Å². The van der Waals surface area contributed by atoms with Gasteiger partial charge >= 0.3 is 0 Å². The van der Waals surface area contributed by atoms with Crippen LogP contribution in [0.4, 0.5) is 17.6 Å². The van der Waals surface area contributed by atoms with Crippen LogP contribution in [0.15, 0.2) is 158 Å². The topological polar surface area (TPSA) is 51.6 Å². The van der Waals surface area contributed by atoms with Crippen molar-refractivity contribution in [2.75, 3.05) is 0 Å². The molecule has 0 atom stereocenters. The lowest BCUT2D eigenvalue weighted by atomic mass is 9.82. The number of hydrogen-bond acceptors (Lipinski definition) is 4. The van der Waals surface area contributed by atoms with Crippen LogP contribution >= 0.6 is 0 Å². The van der Waals surface area contributed by atoms with Gasteiger partial charge < -0.3 is 0 Å². The summed E-state index contributed by atoms with van der Waals surface area (Å²) in [5, 5.41) is 3.07. The lowest BCUT2D eigenvalue weighted by molar-refractivity contribution is 0.390. The SMILES string of the molecule is CCCc1cc2nc(-c3cc(C)cc(C)c3)ccc2c(CCC)c1F.Cc1cc(C)cc(-c2cc(F)c3cc(CC(C)(C)C)ccc3n2)c1.Cc1cc(C)cc(-c2cc(F)c3ccc(CC(C)(C)C)cc3n2)c1.Cc1cc(C)cc(-c2ccc3c(CC(C)(C)C)c(F)c(CC(C)(C)C)cc3n2)c1. The van der Waals surface area contributed by atoms with E-state index in [1.165, 1.54) is 27.8 Å². The highest BCUT2D eigenvalue weighted by Crippen LogP contribution is 2.37. The molecular formula is C94H108F4N4. The molecular weight excluding hydrogens is 1260 g/mol. The molecule has 0 saturated carbocycles. The van der Waals surface area contributed by atoms with Gasteiger partial charge in [-0.2, -0.15) is 0 Å². The zero-order valence-electron chi connectivity index (χ0n) is 65.0. The van der Waals surface area contributed by atoms with E-state index >= 15 is 4.39 Å². The monoisotopic (exact) mass is 1370 g/mol. The molecule has 0 fully saturated rings. The third kappa shape index (κ3) is 20.7. The number of fused-ring (bicyclic) bond motifs is 4. The van der Waals surface area contributed by atoms with Crippen molar-refractivity contribution in [1.82, 2.24) is 19.9 Å². The summed E-state index contributed by atoms with van der Waals surface area (Å²) in [6.07, 6.45) is 6.63. The van der Waals surface area contributed by atoms with E-state index in [0.717, 1.165) is 150 Å². The first-order valence-electron chi connectivity index (χ1n) is 36.5. The molecule has 0 aliphatic carbocycles. The largest absolute Gasteiger partial charge is 0.248 e. The highest BCUT2D eigenvalue weighted by molar-refractivity contribution is 5.88. The highest BCUT2D eigenvalue weighted by Gasteiger charge is 2.25. The molecule has 0 aliphatic heterocycles. The Hall–Kier alpha value is -8.88. The van der Waals surface area contributed by atoms with E-state index in [0.29, 0.717) is 40.5 Å². The predicted octanol–water partition coefficient (Wildman–Crippen LogP) is 26.9. The first-order chi connectivity index (χ1) is 47.8. The second-order valence-electron chi connectivity index (χ2n) is 33.8. The molecule has 0 amide bonds. The summed E-state index contributed by atoms with van der Waals surface area (Å²) >= 11 is 0. The van der Waals surface area contributed by atoms with Crippen LogP contribution in [-0.4, -0.2) is 19.9 Å². The van der Waals surface area contributed by atoms with Crippen molar-refractivity contribution < 1.29 is 17.6 Å². The van der Waals surface area contributed by atoms with Crippen molar-refractivity contribution in [2.24, 2.45) is 21.7 Å². The molecule has 0 unspecified atom stereocenters. The second kappa shape index (κ2) is 31.8. The van der Waals surface area contributed by atoms with Gasteiger partial charge in [-0.25, -0.2) is 37.5 Å². The number of nitrogens with zero attached hydrogens (tertiary/aromatic N) is 4. The summed E-state index contributed by atoms with van der Waals surface area (Å²) in [6.45, 7) is 46.9. The number of aromatic nitrogens is 4. The van der Waals surface area contributed by atoms with Crippen LogP contribution in [0.1, 0.15) is 188 Å². The number of hydrogen-bond donors (Lipinski definition) is 0. The minimum absolute atomic E-state index is 0.000448. The fourth-order valence-corrected chi connectivity index (χ4v) is 14.1. The molecule has 4 nitrogen and oxygen atoms in total. The zero-order chi connectivity index (χ0) is 74.5. The Morgan fingerprint density at radius 2 is 0.608 bits per heavy atom. The number of aryl methyl sites for hydroxylation is 10. The maximum atomic E-state index is 15.6. The van der Waals surface area contributed by atoms with Crippen molar-refractivity contribution in [3.63, 3.8) is 0 Å². The Kier molecular flexibility index (Phi) is 24.1. The molecule has 102 heavy (non-hydrogen) atoms. The van der Waals surface area contributed by atoms with Crippen LogP contribution in [0.5, 0.6) is 0 Å². The summed E-state index contributed by atoms with van der Waals surface area (Å²) < 4.78 is 59.7. The van der Waals surface area contributed by atoms with E-state index in [1.807, 2.05) is 74.5 Å². The second-order valence-corrected chi connectivity index (χ2v) is 33.8. The first-order valence-corrected chi connectivity index (χ1v) is 36.5. The smallest absolute Gasteiger partial charge is 0.134 e. The minimum atomic E-state index is -0.212. The molecule has 8 aromatic carbocycles. The maximum Gasteiger partial charge on any atom is 0.134 e. The number of rotatable bonds is 12. The van der Waals surface area contributed by atoms with Crippen molar-refractivity contribution >= 4 is 43.6 Å².